The molecule has 0 aliphatic carbocycles. The first-order valence-electron chi connectivity index (χ1n) is 10.8. The van der Waals surface area contributed by atoms with E-state index in [1.54, 1.807) is 7.11 Å². The molecule has 0 unspecified atom stereocenters. The summed E-state index contributed by atoms with van der Waals surface area (Å²) in [6.45, 7) is 6.58. The van der Waals surface area contributed by atoms with Gasteiger partial charge in [-0.15, -0.1) is 0 Å². The summed E-state index contributed by atoms with van der Waals surface area (Å²) in [5.74, 6) is 1.21. The SMILES string of the molecule is COc1cc2ccccc2cc1C(=O)N[C@@H](C)c1ccc(N2CCC[C@@H](C)C2)cc1. The molecule has 1 aliphatic rings. The van der Waals surface area contributed by atoms with Gasteiger partial charge in [0.15, 0.2) is 0 Å². The van der Waals surface area contributed by atoms with Crippen LogP contribution in [0, 0.1) is 5.92 Å². The second-order valence-corrected chi connectivity index (χ2v) is 8.38. The lowest BCUT2D eigenvalue weighted by atomic mass is 9.99. The van der Waals surface area contributed by atoms with Gasteiger partial charge in [0.25, 0.3) is 5.91 Å². The molecular formula is C26H30N2O2. The van der Waals surface area contributed by atoms with Gasteiger partial charge in [-0.1, -0.05) is 43.3 Å². The zero-order valence-electron chi connectivity index (χ0n) is 18.0. The number of nitrogens with zero attached hydrogens (tertiary/aromatic N) is 1. The van der Waals surface area contributed by atoms with Crippen LogP contribution in [0.15, 0.2) is 60.7 Å². The fourth-order valence-corrected chi connectivity index (χ4v) is 4.32. The fraction of sp³-hybridized carbons (Fsp3) is 0.346. The van der Waals surface area contributed by atoms with Crippen molar-refractivity contribution in [1.82, 2.24) is 5.32 Å². The van der Waals surface area contributed by atoms with Gasteiger partial charge in [0.1, 0.15) is 5.75 Å². The molecule has 3 aromatic rings. The van der Waals surface area contributed by atoms with Crippen molar-refractivity contribution in [2.75, 3.05) is 25.1 Å². The van der Waals surface area contributed by atoms with E-state index in [1.807, 2.05) is 43.3 Å². The highest BCUT2D eigenvalue weighted by atomic mass is 16.5. The Kier molecular flexibility index (Phi) is 5.93. The van der Waals surface area contributed by atoms with Crippen molar-refractivity contribution in [3.63, 3.8) is 0 Å². The van der Waals surface area contributed by atoms with Gasteiger partial charge in [0, 0.05) is 18.8 Å². The molecular weight excluding hydrogens is 372 g/mol. The van der Waals surface area contributed by atoms with Crippen molar-refractivity contribution in [3.8, 4) is 5.75 Å². The van der Waals surface area contributed by atoms with Crippen LogP contribution in [0.2, 0.25) is 0 Å². The monoisotopic (exact) mass is 402 g/mol. The average Bonchev–Trinajstić information content (AvgIpc) is 2.78. The molecule has 0 aromatic heterocycles. The van der Waals surface area contributed by atoms with Crippen molar-refractivity contribution >= 4 is 22.4 Å². The Bertz CT molecular complexity index is 1030. The first kappa shape index (κ1) is 20.3. The average molecular weight is 403 g/mol. The number of carbonyl (C=O) groups excluding carboxylic acids is 1. The van der Waals surface area contributed by atoms with Crippen LogP contribution in [0.4, 0.5) is 5.69 Å². The van der Waals surface area contributed by atoms with E-state index in [2.05, 4.69) is 41.4 Å². The van der Waals surface area contributed by atoms with E-state index >= 15 is 0 Å². The van der Waals surface area contributed by atoms with Crippen molar-refractivity contribution in [2.45, 2.75) is 32.7 Å². The molecule has 3 aromatic carbocycles. The molecule has 0 spiro atoms. The highest BCUT2D eigenvalue weighted by molar-refractivity contribution is 6.01. The number of hydrogen-bond donors (Lipinski definition) is 1. The summed E-state index contributed by atoms with van der Waals surface area (Å²) >= 11 is 0. The van der Waals surface area contributed by atoms with Crippen LogP contribution in [0.25, 0.3) is 10.8 Å². The molecule has 2 atom stereocenters. The highest BCUT2D eigenvalue weighted by Gasteiger charge is 2.19. The fourth-order valence-electron chi connectivity index (χ4n) is 4.32. The summed E-state index contributed by atoms with van der Waals surface area (Å²) in [7, 11) is 1.60. The Hall–Kier alpha value is -3.01. The maximum atomic E-state index is 13.0. The van der Waals surface area contributed by atoms with Gasteiger partial charge in [-0.2, -0.15) is 0 Å². The van der Waals surface area contributed by atoms with Crippen LogP contribution in [0.5, 0.6) is 5.75 Å². The van der Waals surface area contributed by atoms with Gasteiger partial charge >= 0.3 is 0 Å². The molecule has 0 bridgehead atoms. The van der Waals surface area contributed by atoms with Gasteiger partial charge in [0.05, 0.1) is 18.7 Å². The number of piperidine rings is 1. The summed E-state index contributed by atoms with van der Waals surface area (Å²) in [5.41, 5.74) is 2.92. The van der Waals surface area contributed by atoms with Gasteiger partial charge in [-0.25, -0.2) is 0 Å². The van der Waals surface area contributed by atoms with Crippen molar-refractivity contribution in [2.24, 2.45) is 5.92 Å². The molecule has 0 radical (unpaired) electrons. The largest absolute Gasteiger partial charge is 0.496 e. The predicted molar refractivity (Wildman–Crippen MR) is 123 cm³/mol. The van der Waals surface area contributed by atoms with Crippen LogP contribution in [0.3, 0.4) is 0 Å². The molecule has 1 aliphatic heterocycles. The standard InChI is InChI=1S/C26H30N2O2/c1-18-7-6-14-28(17-18)23-12-10-20(11-13-23)19(2)27-26(29)24-15-21-8-4-5-9-22(21)16-25(24)30-3/h4-5,8-13,15-16,18-19H,6-7,14,17H2,1-3H3,(H,27,29)/t18-,19+/m1/s1. The molecule has 156 valence electrons. The molecule has 1 heterocycles. The van der Waals surface area contributed by atoms with Gasteiger partial charge in [-0.05, 0) is 66.3 Å². The number of amides is 1. The van der Waals surface area contributed by atoms with Crippen LogP contribution in [-0.4, -0.2) is 26.1 Å². The van der Waals surface area contributed by atoms with Crippen LogP contribution >= 0.6 is 0 Å². The zero-order chi connectivity index (χ0) is 21.1. The van der Waals surface area contributed by atoms with E-state index in [9.17, 15) is 4.79 Å². The normalized spacial score (nSPS) is 17.6. The summed E-state index contributed by atoms with van der Waals surface area (Å²) in [4.78, 5) is 15.5. The highest BCUT2D eigenvalue weighted by Crippen LogP contribution is 2.28. The predicted octanol–water partition coefficient (Wildman–Crippen LogP) is 5.58. The van der Waals surface area contributed by atoms with Crippen molar-refractivity contribution in [3.05, 3.63) is 71.8 Å². The number of carbonyl (C=O) groups is 1. The summed E-state index contributed by atoms with van der Waals surface area (Å²) < 4.78 is 5.49. The van der Waals surface area contributed by atoms with Crippen molar-refractivity contribution in [1.29, 1.82) is 0 Å². The Labute approximate surface area is 178 Å². The lowest BCUT2D eigenvalue weighted by molar-refractivity contribution is 0.0937. The Morgan fingerprint density at radius 3 is 2.47 bits per heavy atom. The van der Waals surface area contributed by atoms with Gasteiger partial charge < -0.3 is 15.0 Å². The summed E-state index contributed by atoms with van der Waals surface area (Å²) in [6.07, 6.45) is 2.57. The first-order chi connectivity index (χ1) is 14.5. The second kappa shape index (κ2) is 8.78. The molecule has 0 saturated carbocycles. The lowest BCUT2D eigenvalue weighted by Crippen LogP contribution is -2.34. The van der Waals surface area contributed by atoms with E-state index in [0.29, 0.717) is 11.3 Å². The first-order valence-corrected chi connectivity index (χ1v) is 10.8. The second-order valence-electron chi connectivity index (χ2n) is 8.38. The Morgan fingerprint density at radius 1 is 1.10 bits per heavy atom. The minimum Gasteiger partial charge on any atom is -0.496 e. The number of methoxy groups -OCH3 is 1. The summed E-state index contributed by atoms with van der Waals surface area (Å²) in [5, 5.41) is 5.21. The van der Waals surface area contributed by atoms with E-state index < -0.39 is 0 Å². The molecule has 1 N–H and O–H groups in total. The number of benzene rings is 3. The van der Waals surface area contributed by atoms with E-state index in [4.69, 9.17) is 4.74 Å². The number of hydrogen-bond acceptors (Lipinski definition) is 3. The molecule has 1 fully saturated rings. The minimum absolute atomic E-state index is 0.0944. The summed E-state index contributed by atoms with van der Waals surface area (Å²) in [6, 6.07) is 20.3. The molecule has 4 heteroatoms. The quantitative estimate of drug-likeness (QED) is 0.606. The van der Waals surface area contributed by atoms with Crippen LogP contribution in [0.1, 0.15) is 48.7 Å². The molecule has 4 rings (SSSR count). The van der Waals surface area contributed by atoms with E-state index in [0.717, 1.165) is 35.3 Å². The number of rotatable bonds is 5. The smallest absolute Gasteiger partial charge is 0.255 e. The maximum absolute atomic E-state index is 13.0. The minimum atomic E-state index is -0.126. The topological polar surface area (TPSA) is 41.6 Å². The Morgan fingerprint density at radius 2 is 1.80 bits per heavy atom. The third-order valence-corrected chi connectivity index (χ3v) is 6.08. The molecule has 1 amide bonds. The maximum Gasteiger partial charge on any atom is 0.255 e. The van der Waals surface area contributed by atoms with Crippen LogP contribution < -0.4 is 15.0 Å². The van der Waals surface area contributed by atoms with Crippen LogP contribution in [-0.2, 0) is 0 Å². The molecule has 1 saturated heterocycles. The van der Waals surface area contributed by atoms with E-state index in [-0.39, 0.29) is 11.9 Å². The third-order valence-electron chi connectivity index (χ3n) is 6.08. The Balaban J connectivity index is 1.49. The third kappa shape index (κ3) is 4.28. The number of fused-ring (bicyclic) bond motifs is 1. The number of anilines is 1. The van der Waals surface area contributed by atoms with Crippen molar-refractivity contribution < 1.29 is 9.53 Å². The number of ether oxygens (including phenoxy) is 1. The van der Waals surface area contributed by atoms with E-state index in [1.165, 1.54) is 18.5 Å². The molecule has 4 nitrogen and oxygen atoms in total. The van der Waals surface area contributed by atoms with Gasteiger partial charge in [0.2, 0.25) is 0 Å². The zero-order valence-corrected chi connectivity index (χ0v) is 18.0. The van der Waals surface area contributed by atoms with Gasteiger partial charge in [-0.3, -0.25) is 4.79 Å². The lowest BCUT2D eigenvalue weighted by Gasteiger charge is -2.33. The number of nitrogens with one attached hydrogen (secondary N) is 1. The molecule has 30 heavy (non-hydrogen) atoms.